The smallest absolute Gasteiger partial charge is 0.162 e. The van der Waals surface area contributed by atoms with Crippen LogP contribution in [0, 0.1) is 0 Å². The molecule has 5 aromatic rings. The Balaban J connectivity index is 1.48. The molecule has 0 atom stereocenters. The average Bonchev–Trinajstić information content (AvgIpc) is 3.22. The lowest BCUT2D eigenvalue weighted by Gasteiger charge is -2.12. The standard InChI is InChI=1S/C25H22N4O/c1-30-19-11-12-23-21(15-19)25(29-24(28-23)17-7-3-2-4-8-17)26-14-13-18-16-27-22-10-6-5-9-20(18)22/h2-12,15-16,27H,13-14H2,1H3,(H,26,28,29). The van der Waals surface area contributed by atoms with Crippen LogP contribution in [0.5, 0.6) is 5.75 Å². The lowest BCUT2D eigenvalue weighted by molar-refractivity contribution is 0.415. The molecule has 30 heavy (non-hydrogen) atoms. The van der Waals surface area contributed by atoms with Crippen LogP contribution in [-0.4, -0.2) is 28.6 Å². The third-order valence-electron chi connectivity index (χ3n) is 5.30. The van der Waals surface area contributed by atoms with Crippen molar-refractivity contribution in [1.82, 2.24) is 15.0 Å². The first kappa shape index (κ1) is 18.2. The molecule has 148 valence electrons. The molecule has 0 amide bonds. The lowest BCUT2D eigenvalue weighted by atomic mass is 10.1. The van der Waals surface area contributed by atoms with Crippen LogP contribution in [0.2, 0.25) is 0 Å². The van der Waals surface area contributed by atoms with E-state index in [1.165, 1.54) is 10.9 Å². The predicted molar refractivity (Wildman–Crippen MR) is 122 cm³/mol. The minimum absolute atomic E-state index is 0.711. The maximum atomic E-state index is 5.42. The van der Waals surface area contributed by atoms with Gasteiger partial charge in [-0.3, -0.25) is 0 Å². The molecule has 0 aliphatic rings. The number of anilines is 1. The Morgan fingerprint density at radius 1 is 0.900 bits per heavy atom. The SMILES string of the molecule is COc1ccc2nc(-c3ccccc3)nc(NCCc3c[nH]c4ccccc34)c2c1. The Kier molecular flexibility index (Phi) is 4.77. The van der Waals surface area contributed by atoms with Gasteiger partial charge in [-0.25, -0.2) is 9.97 Å². The Labute approximate surface area is 174 Å². The Morgan fingerprint density at radius 3 is 2.60 bits per heavy atom. The number of fused-ring (bicyclic) bond motifs is 2. The van der Waals surface area contributed by atoms with Crippen molar-refractivity contribution in [3.8, 4) is 17.1 Å². The molecular weight excluding hydrogens is 372 g/mol. The number of nitrogens with zero attached hydrogens (tertiary/aromatic N) is 2. The Bertz CT molecular complexity index is 1310. The Hall–Kier alpha value is -3.86. The summed E-state index contributed by atoms with van der Waals surface area (Å²) in [6, 6.07) is 24.3. The molecule has 0 unspecified atom stereocenters. The van der Waals surface area contributed by atoms with Gasteiger partial charge in [-0.15, -0.1) is 0 Å². The Morgan fingerprint density at radius 2 is 1.73 bits per heavy atom. The summed E-state index contributed by atoms with van der Waals surface area (Å²) in [7, 11) is 1.67. The first-order valence-corrected chi connectivity index (χ1v) is 10.0. The van der Waals surface area contributed by atoms with Gasteiger partial charge >= 0.3 is 0 Å². The summed E-state index contributed by atoms with van der Waals surface area (Å²) in [5.74, 6) is 2.32. The molecule has 3 aromatic carbocycles. The van der Waals surface area contributed by atoms with Crippen LogP contribution in [-0.2, 0) is 6.42 Å². The zero-order valence-corrected chi connectivity index (χ0v) is 16.7. The lowest BCUT2D eigenvalue weighted by Crippen LogP contribution is -2.08. The normalized spacial score (nSPS) is 11.1. The van der Waals surface area contributed by atoms with Crippen LogP contribution in [0.4, 0.5) is 5.82 Å². The van der Waals surface area contributed by atoms with Crippen LogP contribution >= 0.6 is 0 Å². The third-order valence-corrected chi connectivity index (χ3v) is 5.30. The van der Waals surface area contributed by atoms with E-state index in [1.54, 1.807) is 7.11 Å². The van der Waals surface area contributed by atoms with Gasteiger partial charge in [-0.1, -0.05) is 48.5 Å². The van der Waals surface area contributed by atoms with Gasteiger partial charge in [-0.05, 0) is 36.2 Å². The van der Waals surface area contributed by atoms with Gasteiger partial charge in [0, 0.05) is 34.6 Å². The number of nitrogens with one attached hydrogen (secondary N) is 2. The van der Waals surface area contributed by atoms with E-state index >= 15 is 0 Å². The van der Waals surface area contributed by atoms with Crippen LogP contribution in [0.3, 0.4) is 0 Å². The molecule has 0 saturated heterocycles. The second-order valence-corrected chi connectivity index (χ2v) is 7.18. The number of ether oxygens (including phenoxy) is 1. The number of rotatable bonds is 6. The number of aromatic nitrogens is 3. The number of hydrogen-bond donors (Lipinski definition) is 2. The van der Waals surface area contributed by atoms with Crippen molar-refractivity contribution in [3.05, 3.63) is 84.6 Å². The summed E-state index contributed by atoms with van der Waals surface area (Å²) in [5.41, 5.74) is 4.34. The summed E-state index contributed by atoms with van der Waals surface area (Å²) < 4.78 is 5.42. The van der Waals surface area contributed by atoms with Crippen molar-refractivity contribution >= 4 is 27.6 Å². The van der Waals surface area contributed by atoms with Crippen molar-refractivity contribution in [2.24, 2.45) is 0 Å². The number of H-pyrrole nitrogens is 1. The summed E-state index contributed by atoms with van der Waals surface area (Å²) in [6.07, 6.45) is 2.98. The number of benzene rings is 3. The van der Waals surface area contributed by atoms with Gasteiger partial charge in [0.15, 0.2) is 5.82 Å². The first-order chi connectivity index (χ1) is 14.8. The highest BCUT2D eigenvalue weighted by Gasteiger charge is 2.11. The van der Waals surface area contributed by atoms with Crippen molar-refractivity contribution in [3.63, 3.8) is 0 Å². The highest BCUT2D eigenvalue weighted by molar-refractivity contribution is 5.91. The fourth-order valence-corrected chi connectivity index (χ4v) is 3.74. The highest BCUT2D eigenvalue weighted by atomic mass is 16.5. The molecule has 2 aromatic heterocycles. The van der Waals surface area contributed by atoms with Gasteiger partial charge in [-0.2, -0.15) is 0 Å². The second kappa shape index (κ2) is 7.87. The van der Waals surface area contributed by atoms with Crippen LogP contribution < -0.4 is 10.1 Å². The topological polar surface area (TPSA) is 62.8 Å². The largest absolute Gasteiger partial charge is 0.497 e. The van der Waals surface area contributed by atoms with Crippen LogP contribution in [0.1, 0.15) is 5.56 Å². The number of para-hydroxylation sites is 1. The number of aromatic amines is 1. The zero-order valence-electron chi connectivity index (χ0n) is 16.7. The van der Waals surface area contributed by atoms with Crippen molar-refractivity contribution in [2.75, 3.05) is 19.0 Å². The highest BCUT2D eigenvalue weighted by Crippen LogP contribution is 2.28. The molecular formula is C25H22N4O. The molecule has 0 spiro atoms. The summed E-state index contributed by atoms with van der Waals surface area (Å²) in [5, 5.41) is 5.75. The molecule has 0 saturated carbocycles. The quantitative estimate of drug-likeness (QED) is 0.402. The van der Waals surface area contributed by atoms with Gasteiger partial charge < -0.3 is 15.0 Å². The van der Waals surface area contributed by atoms with E-state index in [0.717, 1.165) is 46.5 Å². The van der Waals surface area contributed by atoms with E-state index in [4.69, 9.17) is 14.7 Å². The summed E-state index contributed by atoms with van der Waals surface area (Å²) >= 11 is 0. The van der Waals surface area contributed by atoms with Crippen molar-refractivity contribution in [1.29, 1.82) is 0 Å². The minimum atomic E-state index is 0.711. The minimum Gasteiger partial charge on any atom is -0.497 e. The predicted octanol–water partition coefficient (Wildman–Crippen LogP) is 5.44. The van der Waals surface area contributed by atoms with Crippen molar-refractivity contribution in [2.45, 2.75) is 6.42 Å². The van der Waals surface area contributed by atoms with E-state index in [2.05, 4.69) is 34.7 Å². The van der Waals surface area contributed by atoms with E-state index in [0.29, 0.717) is 5.82 Å². The fraction of sp³-hybridized carbons (Fsp3) is 0.120. The van der Waals surface area contributed by atoms with E-state index in [-0.39, 0.29) is 0 Å². The maximum Gasteiger partial charge on any atom is 0.162 e. The van der Waals surface area contributed by atoms with Crippen LogP contribution in [0.15, 0.2) is 79.0 Å². The van der Waals surface area contributed by atoms with Gasteiger partial charge in [0.2, 0.25) is 0 Å². The first-order valence-electron chi connectivity index (χ1n) is 10.0. The molecule has 2 N–H and O–H groups in total. The molecule has 0 aliphatic carbocycles. The molecule has 0 radical (unpaired) electrons. The molecule has 0 aliphatic heterocycles. The molecule has 0 fully saturated rings. The van der Waals surface area contributed by atoms with Gasteiger partial charge in [0.25, 0.3) is 0 Å². The van der Waals surface area contributed by atoms with E-state index in [1.807, 2.05) is 54.6 Å². The molecule has 5 heteroatoms. The van der Waals surface area contributed by atoms with Crippen LogP contribution in [0.25, 0.3) is 33.2 Å². The van der Waals surface area contributed by atoms with Crippen molar-refractivity contribution < 1.29 is 4.74 Å². The zero-order chi connectivity index (χ0) is 20.3. The average molecular weight is 394 g/mol. The monoisotopic (exact) mass is 394 g/mol. The molecule has 5 nitrogen and oxygen atoms in total. The number of methoxy groups -OCH3 is 1. The number of hydrogen-bond acceptors (Lipinski definition) is 4. The van der Waals surface area contributed by atoms with E-state index < -0.39 is 0 Å². The van der Waals surface area contributed by atoms with Gasteiger partial charge in [0.1, 0.15) is 11.6 Å². The van der Waals surface area contributed by atoms with Gasteiger partial charge in [0.05, 0.1) is 12.6 Å². The van der Waals surface area contributed by atoms with E-state index in [9.17, 15) is 0 Å². The maximum absolute atomic E-state index is 5.42. The third kappa shape index (κ3) is 3.46. The fourth-order valence-electron chi connectivity index (χ4n) is 3.74. The molecule has 0 bridgehead atoms. The molecule has 2 heterocycles. The second-order valence-electron chi connectivity index (χ2n) is 7.18. The summed E-state index contributed by atoms with van der Waals surface area (Å²) in [6.45, 7) is 0.763. The summed E-state index contributed by atoms with van der Waals surface area (Å²) in [4.78, 5) is 13.0. The molecule has 5 rings (SSSR count).